The first kappa shape index (κ1) is 12.8. The van der Waals surface area contributed by atoms with E-state index < -0.39 is 0 Å². The van der Waals surface area contributed by atoms with Gasteiger partial charge in [0.25, 0.3) is 0 Å². The molecule has 0 spiro atoms. The van der Waals surface area contributed by atoms with E-state index in [9.17, 15) is 0 Å². The van der Waals surface area contributed by atoms with Crippen LogP contribution >= 0.6 is 0 Å². The molecule has 0 amide bonds. The van der Waals surface area contributed by atoms with E-state index in [-0.39, 0.29) is 0 Å². The van der Waals surface area contributed by atoms with Gasteiger partial charge in [-0.3, -0.25) is 0 Å². The molecule has 1 heteroatoms. The first-order valence-corrected chi connectivity index (χ1v) is 6.59. The minimum absolute atomic E-state index is 0.893. The zero-order chi connectivity index (χ0) is 11.1. The van der Waals surface area contributed by atoms with Crippen LogP contribution in [0.2, 0.25) is 0 Å². The van der Waals surface area contributed by atoms with Gasteiger partial charge in [-0.2, -0.15) is 0 Å². The van der Waals surface area contributed by atoms with Crippen LogP contribution in [-0.4, -0.2) is 13.6 Å². The lowest BCUT2D eigenvalue weighted by molar-refractivity contribution is 0.294. The largest absolute Gasteiger partial charge is 0.319 e. The van der Waals surface area contributed by atoms with Crippen molar-refractivity contribution < 1.29 is 0 Å². The fourth-order valence-corrected chi connectivity index (χ4v) is 2.64. The summed E-state index contributed by atoms with van der Waals surface area (Å²) in [6.45, 7) is 5.77. The quantitative estimate of drug-likeness (QED) is 0.537. The van der Waals surface area contributed by atoms with Gasteiger partial charge in [0, 0.05) is 0 Å². The number of hydrogen-bond donors (Lipinski definition) is 1. The van der Waals surface area contributed by atoms with Crippen LogP contribution in [0.3, 0.4) is 0 Å². The molecular weight excluding hydrogens is 182 g/mol. The Morgan fingerprint density at radius 2 is 1.93 bits per heavy atom. The molecule has 1 rings (SSSR count). The van der Waals surface area contributed by atoms with E-state index in [0.717, 1.165) is 18.4 Å². The van der Waals surface area contributed by atoms with E-state index in [1.807, 2.05) is 7.05 Å². The molecule has 1 aliphatic carbocycles. The molecular formula is C14H27N. The summed E-state index contributed by atoms with van der Waals surface area (Å²) >= 11 is 0. The first-order chi connectivity index (χ1) is 7.27. The molecule has 0 unspecified atom stereocenters. The van der Waals surface area contributed by atoms with E-state index in [1.165, 1.54) is 38.5 Å². The van der Waals surface area contributed by atoms with Gasteiger partial charge in [-0.1, -0.05) is 25.0 Å². The second kappa shape index (κ2) is 7.05. The average Bonchev–Trinajstić information content (AvgIpc) is 2.29. The van der Waals surface area contributed by atoms with Gasteiger partial charge < -0.3 is 5.32 Å². The van der Waals surface area contributed by atoms with Crippen LogP contribution in [0.1, 0.15) is 52.4 Å². The van der Waals surface area contributed by atoms with E-state index in [4.69, 9.17) is 0 Å². The lowest BCUT2D eigenvalue weighted by Crippen LogP contribution is -2.15. The highest BCUT2D eigenvalue weighted by molar-refractivity contribution is 5.04. The van der Waals surface area contributed by atoms with Gasteiger partial charge in [-0.05, 0) is 64.5 Å². The van der Waals surface area contributed by atoms with Crippen LogP contribution in [0, 0.1) is 11.8 Å². The monoisotopic (exact) mass is 209 g/mol. The minimum Gasteiger partial charge on any atom is -0.319 e. The third kappa shape index (κ3) is 4.38. The van der Waals surface area contributed by atoms with Gasteiger partial charge in [0.05, 0.1) is 0 Å². The van der Waals surface area contributed by atoms with Crippen molar-refractivity contribution in [3.8, 4) is 0 Å². The zero-order valence-electron chi connectivity index (χ0n) is 10.7. The number of hydrogen-bond acceptors (Lipinski definition) is 1. The molecule has 1 aliphatic rings. The summed E-state index contributed by atoms with van der Waals surface area (Å²) in [5.41, 5.74) is 1.64. The molecule has 0 aromatic rings. The van der Waals surface area contributed by atoms with Crippen LogP contribution in [0.4, 0.5) is 0 Å². The smallest absolute Gasteiger partial charge is 0.00172 e. The summed E-state index contributed by atoms with van der Waals surface area (Å²) in [5.74, 6) is 1.91. The third-order valence-corrected chi connectivity index (χ3v) is 3.93. The van der Waals surface area contributed by atoms with Crippen LogP contribution in [0.5, 0.6) is 0 Å². The van der Waals surface area contributed by atoms with Crippen molar-refractivity contribution in [2.24, 2.45) is 11.8 Å². The SMILES string of the molecule is CCC1CCC(C(C)=CCCNC)CC1. The summed E-state index contributed by atoms with van der Waals surface area (Å²) in [6, 6.07) is 0. The van der Waals surface area contributed by atoms with Crippen LogP contribution in [-0.2, 0) is 0 Å². The second-order valence-electron chi connectivity index (χ2n) is 4.97. The topological polar surface area (TPSA) is 12.0 Å². The lowest BCUT2D eigenvalue weighted by Gasteiger charge is -2.28. The van der Waals surface area contributed by atoms with E-state index in [1.54, 1.807) is 5.57 Å². The highest BCUT2D eigenvalue weighted by Crippen LogP contribution is 2.34. The van der Waals surface area contributed by atoms with Crippen molar-refractivity contribution in [1.82, 2.24) is 5.32 Å². The van der Waals surface area contributed by atoms with Crippen molar-refractivity contribution in [3.05, 3.63) is 11.6 Å². The summed E-state index contributed by atoms with van der Waals surface area (Å²) in [7, 11) is 2.02. The summed E-state index contributed by atoms with van der Waals surface area (Å²) in [6.07, 6.45) is 10.8. The highest BCUT2D eigenvalue weighted by atomic mass is 14.8. The summed E-state index contributed by atoms with van der Waals surface area (Å²) in [4.78, 5) is 0. The zero-order valence-corrected chi connectivity index (χ0v) is 10.7. The van der Waals surface area contributed by atoms with Crippen LogP contribution in [0.25, 0.3) is 0 Å². The molecule has 0 saturated heterocycles. The Morgan fingerprint density at radius 1 is 1.27 bits per heavy atom. The van der Waals surface area contributed by atoms with E-state index in [2.05, 4.69) is 25.2 Å². The Morgan fingerprint density at radius 3 is 2.47 bits per heavy atom. The normalized spacial score (nSPS) is 28.1. The Kier molecular flexibility index (Phi) is 6.00. The molecule has 0 atom stereocenters. The average molecular weight is 209 g/mol. The Balaban J connectivity index is 2.29. The summed E-state index contributed by atoms with van der Waals surface area (Å²) < 4.78 is 0. The molecule has 0 heterocycles. The number of allylic oxidation sites excluding steroid dienone is 1. The summed E-state index contributed by atoms with van der Waals surface area (Å²) in [5, 5.41) is 3.20. The maximum Gasteiger partial charge on any atom is -0.00172 e. The predicted octanol–water partition coefficient (Wildman–Crippen LogP) is 3.76. The minimum atomic E-state index is 0.893. The molecule has 0 bridgehead atoms. The Labute approximate surface area is 95.3 Å². The van der Waals surface area contributed by atoms with Crippen molar-refractivity contribution in [3.63, 3.8) is 0 Å². The first-order valence-electron chi connectivity index (χ1n) is 6.59. The predicted molar refractivity (Wildman–Crippen MR) is 68.0 cm³/mol. The Bertz CT molecular complexity index is 188. The van der Waals surface area contributed by atoms with Gasteiger partial charge in [0.1, 0.15) is 0 Å². The van der Waals surface area contributed by atoms with E-state index in [0.29, 0.717) is 0 Å². The molecule has 1 fully saturated rings. The van der Waals surface area contributed by atoms with Gasteiger partial charge in [0.15, 0.2) is 0 Å². The fourth-order valence-electron chi connectivity index (χ4n) is 2.64. The standard InChI is InChI=1S/C14H27N/c1-4-13-7-9-14(10-8-13)12(2)6-5-11-15-3/h6,13-15H,4-5,7-11H2,1-3H3. The van der Waals surface area contributed by atoms with Gasteiger partial charge in [-0.15, -0.1) is 0 Å². The highest BCUT2D eigenvalue weighted by Gasteiger charge is 2.20. The lowest BCUT2D eigenvalue weighted by atomic mass is 9.78. The number of rotatable bonds is 5. The fraction of sp³-hybridized carbons (Fsp3) is 0.857. The van der Waals surface area contributed by atoms with Crippen molar-refractivity contribution >= 4 is 0 Å². The van der Waals surface area contributed by atoms with Crippen molar-refractivity contribution in [2.45, 2.75) is 52.4 Å². The molecule has 1 N–H and O–H groups in total. The van der Waals surface area contributed by atoms with Crippen LogP contribution in [0.15, 0.2) is 11.6 Å². The molecule has 0 aliphatic heterocycles. The van der Waals surface area contributed by atoms with Gasteiger partial charge in [0.2, 0.25) is 0 Å². The molecule has 0 radical (unpaired) electrons. The molecule has 0 aromatic heterocycles. The molecule has 1 nitrogen and oxygen atoms in total. The van der Waals surface area contributed by atoms with Crippen LogP contribution < -0.4 is 5.32 Å². The number of nitrogens with one attached hydrogen (secondary N) is 1. The molecule has 1 saturated carbocycles. The van der Waals surface area contributed by atoms with Crippen molar-refractivity contribution in [1.29, 1.82) is 0 Å². The molecule has 88 valence electrons. The second-order valence-corrected chi connectivity index (χ2v) is 4.97. The molecule has 15 heavy (non-hydrogen) atoms. The maximum absolute atomic E-state index is 3.20. The van der Waals surface area contributed by atoms with E-state index >= 15 is 0 Å². The Hall–Kier alpha value is -0.300. The van der Waals surface area contributed by atoms with Crippen molar-refractivity contribution in [2.75, 3.05) is 13.6 Å². The molecule has 0 aromatic carbocycles. The maximum atomic E-state index is 3.20. The van der Waals surface area contributed by atoms with Gasteiger partial charge in [-0.25, -0.2) is 0 Å². The third-order valence-electron chi connectivity index (χ3n) is 3.93. The van der Waals surface area contributed by atoms with Gasteiger partial charge >= 0.3 is 0 Å².